The first-order valence-corrected chi connectivity index (χ1v) is 11.1. The van der Waals surface area contributed by atoms with E-state index in [1.807, 2.05) is 6.07 Å². The van der Waals surface area contributed by atoms with Gasteiger partial charge in [0, 0.05) is 11.3 Å². The third-order valence-corrected chi connectivity index (χ3v) is 5.62. The van der Waals surface area contributed by atoms with Gasteiger partial charge in [-0.15, -0.1) is 0 Å². The van der Waals surface area contributed by atoms with E-state index in [0.717, 1.165) is 11.1 Å². The van der Waals surface area contributed by atoms with E-state index in [0.29, 0.717) is 23.4 Å². The molecule has 7 heteroatoms. The largest absolute Gasteiger partial charge is 0.322 e. The molecule has 0 spiro atoms. The summed E-state index contributed by atoms with van der Waals surface area (Å²) >= 11 is 0. The summed E-state index contributed by atoms with van der Waals surface area (Å²) in [5.74, 6) is -0.266. The van der Waals surface area contributed by atoms with Crippen LogP contribution in [0.5, 0.6) is 0 Å². The molecular weight excluding hydrogens is 398 g/mol. The molecule has 3 aromatic rings. The molecule has 0 unspecified atom stereocenters. The Labute approximate surface area is 176 Å². The zero-order valence-corrected chi connectivity index (χ0v) is 17.3. The number of hydrogen-bond donors (Lipinski definition) is 1. The van der Waals surface area contributed by atoms with E-state index < -0.39 is 10.0 Å². The molecule has 0 bridgehead atoms. The maximum Gasteiger partial charge on any atom is 0.255 e. The van der Waals surface area contributed by atoms with Crippen molar-refractivity contribution in [2.45, 2.75) is 13.0 Å². The Morgan fingerprint density at radius 3 is 2.10 bits per heavy atom. The minimum absolute atomic E-state index is 0.172. The van der Waals surface area contributed by atoms with Crippen LogP contribution < -0.4 is 9.62 Å². The van der Waals surface area contributed by atoms with Gasteiger partial charge in [0.25, 0.3) is 5.91 Å². The number of nitrogens with one attached hydrogen (secondary N) is 1. The minimum Gasteiger partial charge on any atom is -0.322 e. The van der Waals surface area contributed by atoms with Gasteiger partial charge < -0.3 is 5.32 Å². The van der Waals surface area contributed by atoms with E-state index in [1.54, 1.807) is 72.8 Å². The predicted molar refractivity (Wildman–Crippen MR) is 118 cm³/mol. The molecule has 0 aliphatic rings. The number of carbonyl (C=O) groups is 1. The Balaban J connectivity index is 1.70. The Morgan fingerprint density at radius 1 is 0.933 bits per heavy atom. The Bertz CT molecular complexity index is 1150. The van der Waals surface area contributed by atoms with Gasteiger partial charge in [-0.2, -0.15) is 5.26 Å². The summed E-state index contributed by atoms with van der Waals surface area (Å²) in [4.78, 5) is 12.5. The third kappa shape index (κ3) is 5.46. The van der Waals surface area contributed by atoms with E-state index >= 15 is 0 Å². The zero-order chi connectivity index (χ0) is 21.6. The number of benzene rings is 3. The molecule has 0 heterocycles. The quantitative estimate of drug-likeness (QED) is 0.627. The summed E-state index contributed by atoms with van der Waals surface area (Å²) in [7, 11) is -3.46. The highest BCUT2D eigenvalue weighted by Crippen LogP contribution is 2.20. The first-order valence-electron chi connectivity index (χ1n) is 9.26. The highest BCUT2D eigenvalue weighted by molar-refractivity contribution is 7.92. The molecule has 6 nitrogen and oxygen atoms in total. The van der Waals surface area contributed by atoms with Gasteiger partial charge in [0.15, 0.2) is 0 Å². The summed E-state index contributed by atoms with van der Waals surface area (Å²) < 4.78 is 25.8. The summed E-state index contributed by atoms with van der Waals surface area (Å²) in [5.41, 5.74) is 3.33. The van der Waals surface area contributed by atoms with E-state index in [-0.39, 0.29) is 12.5 Å². The lowest BCUT2D eigenvalue weighted by atomic mass is 10.1. The SMILES string of the molecule is CS(=O)(=O)N(Cc1ccc(C(=O)Nc2ccc(CC#N)cc2)cc1)c1ccccc1. The van der Waals surface area contributed by atoms with Crippen LogP contribution in [0.1, 0.15) is 21.5 Å². The number of para-hydroxylation sites is 1. The summed E-state index contributed by atoms with van der Waals surface area (Å²) in [6.45, 7) is 0.172. The van der Waals surface area contributed by atoms with E-state index in [2.05, 4.69) is 11.4 Å². The van der Waals surface area contributed by atoms with Crippen molar-refractivity contribution in [2.75, 3.05) is 15.9 Å². The van der Waals surface area contributed by atoms with Gasteiger partial charge in [-0.3, -0.25) is 9.10 Å². The average Bonchev–Trinajstić information content (AvgIpc) is 2.74. The first kappa shape index (κ1) is 21.1. The van der Waals surface area contributed by atoms with Crippen molar-refractivity contribution in [1.29, 1.82) is 5.26 Å². The molecule has 152 valence electrons. The molecule has 0 aliphatic heterocycles. The molecule has 1 amide bonds. The molecule has 1 N–H and O–H groups in total. The second kappa shape index (κ2) is 9.25. The van der Waals surface area contributed by atoms with Gasteiger partial charge in [0.2, 0.25) is 10.0 Å². The highest BCUT2D eigenvalue weighted by Gasteiger charge is 2.17. The molecule has 0 aliphatic carbocycles. The average molecular weight is 420 g/mol. The summed E-state index contributed by atoms with van der Waals surface area (Å²) in [5, 5.41) is 11.5. The van der Waals surface area contributed by atoms with Crippen LogP contribution in [0, 0.1) is 11.3 Å². The normalized spacial score (nSPS) is 10.8. The van der Waals surface area contributed by atoms with Gasteiger partial charge in [0.05, 0.1) is 31.0 Å². The van der Waals surface area contributed by atoms with Crippen LogP contribution in [-0.4, -0.2) is 20.6 Å². The number of anilines is 2. The fourth-order valence-corrected chi connectivity index (χ4v) is 3.81. The molecule has 0 radical (unpaired) electrons. The molecule has 3 rings (SSSR count). The van der Waals surface area contributed by atoms with Gasteiger partial charge in [-0.05, 0) is 47.5 Å². The van der Waals surface area contributed by atoms with E-state index in [4.69, 9.17) is 5.26 Å². The lowest BCUT2D eigenvalue weighted by molar-refractivity contribution is 0.102. The number of nitriles is 1. The molecule has 30 heavy (non-hydrogen) atoms. The van der Waals surface area contributed by atoms with Gasteiger partial charge in [-0.25, -0.2) is 8.42 Å². The maximum atomic E-state index is 12.5. The van der Waals surface area contributed by atoms with Crippen LogP contribution in [0.25, 0.3) is 0 Å². The molecule has 3 aromatic carbocycles. The summed E-state index contributed by atoms with van der Waals surface area (Å²) in [6.07, 6.45) is 1.49. The smallest absolute Gasteiger partial charge is 0.255 e. The fourth-order valence-electron chi connectivity index (χ4n) is 2.92. The van der Waals surface area contributed by atoms with Gasteiger partial charge in [-0.1, -0.05) is 42.5 Å². The van der Waals surface area contributed by atoms with Crippen molar-refractivity contribution in [3.63, 3.8) is 0 Å². The Hall–Kier alpha value is -3.63. The van der Waals surface area contributed by atoms with Crippen molar-refractivity contribution >= 4 is 27.3 Å². The second-order valence-electron chi connectivity index (χ2n) is 6.79. The monoisotopic (exact) mass is 419 g/mol. The van der Waals surface area contributed by atoms with Gasteiger partial charge in [0.1, 0.15) is 0 Å². The van der Waals surface area contributed by atoms with Gasteiger partial charge >= 0.3 is 0 Å². The van der Waals surface area contributed by atoms with Crippen LogP contribution in [-0.2, 0) is 23.0 Å². The number of amides is 1. The van der Waals surface area contributed by atoms with E-state index in [9.17, 15) is 13.2 Å². The van der Waals surface area contributed by atoms with Crippen LogP contribution in [0.15, 0.2) is 78.9 Å². The lowest BCUT2D eigenvalue weighted by Gasteiger charge is -2.22. The number of carbonyl (C=O) groups excluding carboxylic acids is 1. The van der Waals surface area contributed by atoms with Crippen LogP contribution in [0.3, 0.4) is 0 Å². The Morgan fingerprint density at radius 2 is 1.53 bits per heavy atom. The fraction of sp³-hybridized carbons (Fsp3) is 0.130. The number of nitrogens with zero attached hydrogens (tertiary/aromatic N) is 2. The number of hydrogen-bond acceptors (Lipinski definition) is 4. The predicted octanol–water partition coefficient (Wildman–Crippen LogP) is 3.97. The van der Waals surface area contributed by atoms with Crippen molar-refractivity contribution in [3.05, 3.63) is 95.6 Å². The molecule has 0 aromatic heterocycles. The first-order chi connectivity index (χ1) is 14.4. The van der Waals surface area contributed by atoms with Crippen molar-refractivity contribution in [1.82, 2.24) is 0 Å². The van der Waals surface area contributed by atoms with Crippen molar-refractivity contribution < 1.29 is 13.2 Å². The second-order valence-corrected chi connectivity index (χ2v) is 8.69. The van der Waals surface area contributed by atoms with Crippen molar-refractivity contribution in [3.8, 4) is 6.07 Å². The highest BCUT2D eigenvalue weighted by atomic mass is 32.2. The van der Waals surface area contributed by atoms with E-state index in [1.165, 1.54) is 10.6 Å². The molecule has 0 atom stereocenters. The summed E-state index contributed by atoms with van der Waals surface area (Å²) in [6, 6.07) is 24.9. The third-order valence-electron chi connectivity index (χ3n) is 4.48. The zero-order valence-electron chi connectivity index (χ0n) is 16.4. The lowest BCUT2D eigenvalue weighted by Crippen LogP contribution is -2.29. The molecular formula is C23H21N3O3S. The van der Waals surface area contributed by atoms with Crippen molar-refractivity contribution in [2.24, 2.45) is 0 Å². The Kier molecular flexibility index (Phi) is 6.50. The minimum atomic E-state index is -3.46. The van der Waals surface area contributed by atoms with Crippen LogP contribution >= 0.6 is 0 Å². The standard InChI is InChI=1S/C23H21N3O3S/c1-30(28,29)26(22-5-3-2-4-6-22)17-19-7-11-20(12-8-19)23(27)25-21-13-9-18(10-14-21)15-16-24/h2-14H,15,17H2,1H3,(H,25,27). The molecule has 0 fully saturated rings. The number of rotatable bonds is 7. The number of sulfonamides is 1. The topological polar surface area (TPSA) is 90.3 Å². The maximum absolute atomic E-state index is 12.5. The molecule has 0 saturated heterocycles. The molecule has 0 saturated carbocycles. The van der Waals surface area contributed by atoms with Crippen LogP contribution in [0.2, 0.25) is 0 Å². The van der Waals surface area contributed by atoms with Crippen LogP contribution in [0.4, 0.5) is 11.4 Å².